The molecule has 2 rings (SSSR count). The summed E-state index contributed by atoms with van der Waals surface area (Å²) in [5.74, 6) is -0.0179. The fourth-order valence-corrected chi connectivity index (χ4v) is 1.63. The highest BCUT2D eigenvalue weighted by Crippen LogP contribution is 2.16. The van der Waals surface area contributed by atoms with Crippen molar-refractivity contribution in [2.24, 2.45) is 0 Å². The van der Waals surface area contributed by atoms with Crippen LogP contribution in [-0.4, -0.2) is 20.4 Å². The number of pyridine rings is 1. The Kier molecular flexibility index (Phi) is 3.32. The smallest absolute Gasteiger partial charge is 0.244 e. The van der Waals surface area contributed by atoms with Crippen LogP contribution < -0.4 is 5.32 Å². The highest BCUT2D eigenvalue weighted by molar-refractivity contribution is 5.87. The number of nitrogens with one attached hydrogen (secondary N) is 1. The second-order valence-corrected chi connectivity index (χ2v) is 4.30. The molecule has 1 amide bonds. The second-order valence-electron chi connectivity index (χ2n) is 4.30. The lowest BCUT2D eigenvalue weighted by molar-refractivity contribution is -0.116. The third-order valence-electron chi connectivity index (χ3n) is 2.38. The van der Waals surface area contributed by atoms with Gasteiger partial charge in [0.25, 0.3) is 0 Å². The summed E-state index contributed by atoms with van der Waals surface area (Å²) >= 11 is 0. The summed E-state index contributed by atoms with van der Waals surface area (Å²) in [6.07, 6.45) is 5.11. The van der Waals surface area contributed by atoms with Gasteiger partial charge in [0, 0.05) is 18.5 Å². The van der Waals surface area contributed by atoms with Gasteiger partial charge in [-0.15, -0.1) is 0 Å². The molecule has 0 saturated heterocycles. The number of nitrogens with zero attached hydrogens (tertiary/aromatic N) is 2. The van der Waals surface area contributed by atoms with Crippen molar-refractivity contribution in [2.75, 3.05) is 0 Å². The number of aromatic nitrogens is 2. The molecule has 2 aromatic rings. The maximum atomic E-state index is 11.4. The van der Waals surface area contributed by atoms with Crippen LogP contribution in [-0.2, 0) is 11.3 Å². The normalized spacial score (nSPS) is 10.3. The van der Waals surface area contributed by atoms with Gasteiger partial charge in [-0.1, -0.05) is 5.57 Å². The maximum Gasteiger partial charge on any atom is 0.244 e. The molecule has 0 aliphatic carbocycles. The molecule has 2 N–H and O–H groups in total. The van der Waals surface area contributed by atoms with Crippen molar-refractivity contribution in [1.29, 1.82) is 0 Å². The van der Waals surface area contributed by atoms with Crippen LogP contribution in [0.3, 0.4) is 0 Å². The molecule has 0 saturated carbocycles. The van der Waals surface area contributed by atoms with Crippen LogP contribution in [0.4, 0.5) is 0 Å². The van der Waals surface area contributed by atoms with E-state index in [1.807, 2.05) is 13.8 Å². The first-order chi connectivity index (χ1) is 8.56. The fourth-order valence-electron chi connectivity index (χ4n) is 1.63. The van der Waals surface area contributed by atoms with Gasteiger partial charge >= 0.3 is 0 Å². The number of carbonyl (C=O) groups is 1. The molecule has 0 aliphatic heterocycles. The van der Waals surface area contributed by atoms with Crippen LogP contribution in [0.5, 0.6) is 5.75 Å². The molecule has 0 aromatic carbocycles. The molecule has 0 fully saturated rings. The third-order valence-corrected chi connectivity index (χ3v) is 2.38. The molecule has 0 bridgehead atoms. The Morgan fingerprint density at radius 3 is 3.00 bits per heavy atom. The Morgan fingerprint density at radius 1 is 1.56 bits per heavy atom. The lowest BCUT2D eigenvalue weighted by atomic mass is 10.3. The molecule has 2 aromatic heterocycles. The van der Waals surface area contributed by atoms with Crippen LogP contribution in [0.25, 0.3) is 5.65 Å². The minimum Gasteiger partial charge on any atom is -0.504 e. The van der Waals surface area contributed by atoms with Gasteiger partial charge in [-0.05, 0) is 26.0 Å². The van der Waals surface area contributed by atoms with E-state index in [-0.39, 0.29) is 11.7 Å². The molecular weight excluding hydrogens is 230 g/mol. The standard InChI is InChI=1S/C13H15N3O2/c1-9(2)6-12(18)14-7-10-8-16-5-3-4-11(17)13(16)15-10/h3-6,8,17H,7H2,1-2H3,(H,14,18). The van der Waals surface area contributed by atoms with Gasteiger partial charge in [0.15, 0.2) is 11.4 Å². The lowest BCUT2D eigenvalue weighted by Gasteiger charge is -1.98. The predicted octanol–water partition coefficient (Wildman–Crippen LogP) is 1.62. The Labute approximate surface area is 105 Å². The number of hydrogen-bond donors (Lipinski definition) is 2. The zero-order valence-electron chi connectivity index (χ0n) is 10.3. The molecule has 0 spiro atoms. The van der Waals surface area contributed by atoms with Crippen molar-refractivity contribution in [3.05, 3.63) is 41.9 Å². The number of amides is 1. The van der Waals surface area contributed by atoms with Gasteiger partial charge in [0.1, 0.15) is 0 Å². The second kappa shape index (κ2) is 4.91. The quantitative estimate of drug-likeness (QED) is 0.807. The summed E-state index contributed by atoms with van der Waals surface area (Å²) in [4.78, 5) is 15.7. The van der Waals surface area contributed by atoms with Gasteiger partial charge in [0.05, 0.1) is 12.2 Å². The van der Waals surface area contributed by atoms with Crippen molar-refractivity contribution in [1.82, 2.24) is 14.7 Å². The average molecular weight is 245 g/mol. The van der Waals surface area contributed by atoms with E-state index in [1.165, 1.54) is 6.08 Å². The first kappa shape index (κ1) is 12.2. The van der Waals surface area contributed by atoms with Crippen LogP contribution >= 0.6 is 0 Å². The molecule has 0 unspecified atom stereocenters. The number of carbonyl (C=O) groups excluding carboxylic acids is 1. The van der Waals surface area contributed by atoms with Gasteiger partial charge < -0.3 is 14.8 Å². The number of imidazole rings is 1. The number of fused-ring (bicyclic) bond motifs is 1. The van der Waals surface area contributed by atoms with Crippen molar-refractivity contribution in [3.8, 4) is 5.75 Å². The van der Waals surface area contributed by atoms with E-state index >= 15 is 0 Å². The minimum absolute atomic E-state index is 0.124. The molecule has 2 heterocycles. The average Bonchev–Trinajstić information content (AvgIpc) is 2.70. The Balaban J connectivity index is 2.11. The zero-order chi connectivity index (χ0) is 13.1. The summed E-state index contributed by atoms with van der Waals surface area (Å²) in [5, 5.41) is 12.3. The summed E-state index contributed by atoms with van der Waals surface area (Å²) < 4.78 is 1.72. The van der Waals surface area contributed by atoms with Gasteiger partial charge in [-0.3, -0.25) is 4.79 Å². The summed E-state index contributed by atoms with van der Waals surface area (Å²) in [6.45, 7) is 4.06. The van der Waals surface area contributed by atoms with Crippen molar-refractivity contribution in [2.45, 2.75) is 20.4 Å². The Hall–Kier alpha value is -2.30. The van der Waals surface area contributed by atoms with Crippen molar-refractivity contribution < 1.29 is 9.90 Å². The van der Waals surface area contributed by atoms with Crippen LogP contribution in [0, 0.1) is 0 Å². The molecule has 0 atom stereocenters. The fraction of sp³-hybridized carbons (Fsp3) is 0.231. The van der Waals surface area contributed by atoms with E-state index in [2.05, 4.69) is 10.3 Å². The van der Waals surface area contributed by atoms with Crippen LogP contribution in [0.2, 0.25) is 0 Å². The molecule has 0 radical (unpaired) electrons. The topological polar surface area (TPSA) is 66.6 Å². The number of hydrogen-bond acceptors (Lipinski definition) is 3. The number of allylic oxidation sites excluding steroid dienone is 1. The summed E-state index contributed by atoms with van der Waals surface area (Å²) in [6, 6.07) is 3.31. The third kappa shape index (κ3) is 2.68. The molecule has 5 nitrogen and oxygen atoms in total. The van der Waals surface area contributed by atoms with E-state index in [9.17, 15) is 9.90 Å². The van der Waals surface area contributed by atoms with Crippen LogP contribution in [0.1, 0.15) is 19.5 Å². The van der Waals surface area contributed by atoms with Gasteiger partial charge in [-0.25, -0.2) is 4.98 Å². The lowest BCUT2D eigenvalue weighted by Crippen LogP contribution is -2.20. The Morgan fingerprint density at radius 2 is 2.33 bits per heavy atom. The Bertz CT molecular complexity index is 610. The van der Waals surface area contributed by atoms with E-state index < -0.39 is 0 Å². The van der Waals surface area contributed by atoms with Crippen molar-refractivity contribution in [3.63, 3.8) is 0 Å². The largest absolute Gasteiger partial charge is 0.504 e. The predicted molar refractivity (Wildman–Crippen MR) is 68.1 cm³/mol. The first-order valence-electron chi connectivity index (χ1n) is 5.64. The molecule has 5 heteroatoms. The SMILES string of the molecule is CC(C)=CC(=O)NCc1cn2cccc(O)c2n1. The molecule has 18 heavy (non-hydrogen) atoms. The molecule has 94 valence electrons. The highest BCUT2D eigenvalue weighted by Gasteiger charge is 2.05. The van der Waals surface area contributed by atoms with E-state index in [0.29, 0.717) is 17.9 Å². The van der Waals surface area contributed by atoms with E-state index in [1.54, 1.807) is 28.9 Å². The zero-order valence-corrected chi connectivity index (χ0v) is 10.3. The number of rotatable bonds is 3. The summed E-state index contributed by atoms with van der Waals surface area (Å²) in [7, 11) is 0. The molecular formula is C13H15N3O2. The van der Waals surface area contributed by atoms with E-state index in [4.69, 9.17) is 0 Å². The van der Waals surface area contributed by atoms with Crippen molar-refractivity contribution >= 4 is 11.6 Å². The summed E-state index contributed by atoms with van der Waals surface area (Å²) in [5.41, 5.74) is 2.14. The van der Waals surface area contributed by atoms with Gasteiger partial charge in [0.2, 0.25) is 5.91 Å². The van der Waals surface area contributed by atoms with Gasteiger partial charge in [-0.2, -0.15) is 0 Å². The first-order valence-corrected chi connectivity index (χ1v) is 5.64. The maximum absolute atomic E-state index is 11.4. The minimum atomic E-state index is -0.142. The molecule has 0 aliphatic rings. The highest BCUT2D eigenvalue weighted by atomic mass is 16.3. The monoisotopic (exact) mass is 245 g/mol. The van der Waals surface area contributed by atoms with E-state index in [0.717, 1.165) is 5.57 Å². The van der Waals surface area contributed by atoms with Crippen LogP contribution in [0.15, 0.2) is 36.2 Å². The number of aromatic hydroxyl groups is 1.